The molecule has 7 nitrogen and oxygen atoms in total. The molecule has 4 rings (SSSR count). The number of ether oxygens (including phenoxy) is 1. The second-order valence-electron chi connectivity index (χ2n) is 6.60. The lowest BCUT2D eigenvalue weighted by molar-refractivity contribution is 0.316. The summed E-state index contributed by atoms with van der Waals surface area (Å²) < 4.78 is 38.5. The Kier molecular flexibility index (Phi) is 5.47. The van der Waals surface area contributed by atoms with Gasteiger partial charge in [-0.15, -0.1) is 21.5 Å². The van der Waals surface area contributed by atoms with Crippen molar-refractivity contribution in [3.8, 4) is 16.5 Å². The van der Waals surface area contributed by atoms with Gasteiger partial charge in [0.2, 0.25) is 15.9 Å². The van der Waals surface area contributed by atoms with E-state index in [1.807, 2.05) is 37.3 Å². The van der Waals surface area contributed by atoms with Crippen molar-refractivity contribution >= 4 is 21.4 Å². The van der Waals surface area contributed by atoms with Crippen molar-refractivity contribution < 1.29 is 17.6 Å². The van der Waals surface area contributed by atoms with Crippen LogP contribution in [0.3, 0.4) is 0 Å². The molecule has 1 aliphatic rings. The predicted molar refractivity (Wildman–Crippen MR) is 107 cm³/mol. The second kappa shape index (κ2) is 8.02. The molecule has 0 spiro atoms. The van der Waals surface area contributed by atoms with E-state index in [2.05, 4.69) is 10.2 Å². The number of benzene rings is 1. The van der Waals surface area contributed by atoms with Gasteiger partial charge in [-0.05, 0) is 44.0 Å². The van der Waals surface area contributed by atoms with Gasteiger partial charge in [-0.2, -0.15) is 4.31 Å². The molecule has 0 aliphatic carbocycles. The molecule has 0 amide bonds. The third kappa shape index (κ3) is 4.11. The van der Waals surface area contributed by atoms with Crippen molar-refractivity contribution in [2.45, 2.75) is 25.8 Å². The highest BCUT2D eigenvalue weighted by atomic mass is 32.2. The molecule has 28 heavy (non-hydrogen) atoms. The van der Waals surface area contributed by atoms with E-state index in [4.69, 9.17) is 9.15 Å². The molecule has 148 valence electrons. The summed E-state index contributed by atoms with van der Waals surface area (Å²) in [6, 6.07) is 12.7. The van der Waals surface area contributed by atoms with E-state index in [0.29, 0.717) is 30.5 Å². The zero-order chi connectivity index (χ0) is 19.6. The number of sulfonamides is 1. The zero-order valence-corrected chi connectivity index (χ0v) is 17.1. The Bertz CT molecular complexity index is 1030. The fourth-order valence-corrected chi connectivity index (χ4v) is 5.54. The Morgan fingerprint density at radius 1 is 1.21 bits per heavy atom. The number of hydrogen-bond donors (Lipinski definition) is 0. The van der Waals surface area contributed by atoms with Crippen LogP contribution in [-0.4, -0.2) is 41.8 Å². The predicted octanol–water partition coefficient (Wildman–Crippen LogP) is 3.65. The van der Waals surface area contributed by atoms with Crippen LogP contribution < -0.4 is 4.74 Å². The van der Waals surface area contributed by atoms with Crippen LogP contribution in [0.15, 0.2) is 46.9 Å². The molecule has 1 atom stereocenters. The van der Waals surface area contributed by atoms with Crippen LogP contribution in [0, 0.1) is 6.92 Å². The molecule has 3 aromatic rings. The Labute approximate surface area is 168 Å². The number of hydrogen-bond acceptors (Lipinski definition) is 7. The smallest absolute Gasteiger partial charge is 0.257 e. The minimum absolute atomic E-state index is 0.0937. The standard InChI is InChI=1S/C19H21N3O4S2/c1-14-9-10-17(27-14)19-21-20-18(26-19)16-8-5-11-22(16)28(23,24)13-12-25-15-6-3-2-4-7-15/h2-4,6-7,9-10,16H,5,8,11-13H2,1H3. The van der Waals surface area contributed by atoms with Crippen LogP contribution in [0.4, 0.5) is 0 Å². The molecule has 2 aromatic heterocycles. The molecule has 9 heteroatoms. The lowest BCUT2D eigenvalue weighted by Gasteiger charge is -2.21. The van der Waals surface area contributed by atoms with E-state index in [0.717, 1.165) is 16.2 Å². The Morgan fingerprint density at radius 3 is 2.79 bits per heavy atom. The summed E-state index contributed by atoms with van der Waals surface area (Å²) >= 11 is 1.57. The van der Waals surface area contributed by atoms with Gasteiger partial charge in [-0.1, -0.05) is 18.2 Å². The normalized spacial score (nSPS) is 17.8. The summed E-state index contributed by atoms with van der Waals surface area (Å²) in [5.74, 6) is 1.35. The van der Waals surface area contributed by atoms with Crippen LogP contribution in [0.25, 0.3) is 10.8 Å². The van der Waals surface area contributed by atoms with Crippen LogP contribution in [0.1, 0.15) is 29.7 Å². The molecular weight excluding hydrogens is 398 g/mol. The van der Waals surface area contributed by atoms with Crippen molar-refractivity contribution in [3.63, 3.8) is 0 Å². The Hall–Kier alpha value is -2.23. The lowest BCUT2D eigenvalue weighted by atomic mass is 10.2. The van der Waals surface area contributed by atoms with E-state index in [1.165, 1.54) is 4.31 Å². The Balaban J connectivity index is 1.44. The molecule has 1 unspecified atom stereocenters. The molecule has 1 saturated heterocycles. The first-order valence-electron chi connectivity index (χ1n) is 9.10. The van der Waals surface area contributed by atoms with E-state index in [9.17, 15) is 8.42 Å². The maximum absolute atomic E-state index is 12.8. The average molecular weight is 420 g/mol. The first-order chi connectivity index (χ1) is 13.5. The van der Waals surface area contributed by atoms with E-state index >= 15 is 0 Å². The summed E-state index contributed by atoms with van der Waals surface area (Å²) in [5.41, 5.74) is 0. The zero-order valence-electron chi connectivity index (χ0n) is 15.4. The summed E-state index contributed by atoms with van der Waals surface area (Å²) in [4.78, 5) is 2.04. The monoisotopic (exact) mass is 419 g/mol. The molecule has 0 saturated carbocycles. The van der Waals surface area contributed by atoms with Crippen molar-refractivity contribution in [1.82, 2.24) is 14.5 Å². The van der Waals surface area contributed by atoms with Crippen molar-refractivity contribution in [2.24, 2.45) is 0 Å². The molecule has 3 heterocycles. The number of nitrogens with zero attached hydrogens (tertiary/aromatic N) is 3. The summed E-state index contributed by atoms with van der Waals surface area (Å²) in [5, 5.41) is 8.24. The number of para-hydroxylation sites is 1. The highest BCUT2D eigenvalue weighted by molar-refractivity contribution is 7.89. The van der Waals surface area contributed by atoms with Gasteiger partial charge in [-0.3, -0.25) is 0 Å². The SMILES string of the molecule is Cc1ccc(-c2nnc(C3CCCN3S(=O)(=O)CCOc3ccccc3)o2)s1. The third-order valence-electron chi connectivity index (χ3n) is 4.59. The van der Waals surface area contributed by atoms with Crippen LogP contribution in [-0.2, 0) is 10.0 Å². The maximum atomic E-state index is 12.8. The van der Waals surface area contributed by atoms with Crippen molar-refractivity contribution in [1.29, 1.82) is 0 Å². The first kappa shape index (κ1) is 19.1. The average Bonchev–Trinajstić information content (AvgIpc) is 3.42. The minimum atomic E-state index is -3.50. The summed E-state index contributed by atoms with van der Waals surface area (Å²) in [6.45, 7) is 2.56. The van der Waals surface area contributed by atoms with Crippen LogP contribution >= 0.6 is 11.3 Å². The third-order valence-corrected chi connectivity index (χ3v) is 7.41. The second-order valence-corrected chi connectivity index (χ2v) is 9.93. The van der Waals surface area contributed by atoms with Crippen LogP contribution in [0.2, 0.25) is 0 Å². The highest BCUT2D eigenvalue weighted by Gasteiger charge is 2.38. The van der Waals surface area contributed by atoms with Crippen molar-refractivity contribution in [3.05, 3.63) is 53.2 Å². The highest BCUT2D eigenvalue weighted by Crippen LogP contribution is 2.35. The summed E-state index contributed by atoms with van der Waals surface area (Å²) in [6.07, 6.45) is 1.43. The van der Waals surface area contributed by atoms with Gasteiger partial charge in [-0.25, -0.2) is 8.42 Å². The number of aromatic nitrogens is 2. The number of aryl methyl sites for hydroxylation is 1. The van der Waals surface area contributed by atoms with Crippen LogP contribution in [0.5, 0.6) is 5.75 Å². The number of rotatable bonds is 7. The fourth-order valence-electron chi connectivity index (χ4n) is 3.24. The first-order valence-corrected chi connectivity index (χ1v) is 11.5. The van der Waals surface area contributed by atoms with E-state index < -0.39 is 16.1 Å². The fraction of sp³-hybridized carbons (Fsp3) is 0.368. The van der Waals surface area contributed by atoms with E-state index in [-0.39, 0.29) is 12.4 Å². The molecular formula is C19H21N3O4S2. The Morgan fingerprint density at radius 2 is 2.04 bits per heavy atom. The number of thiophene rings is 1. The van der Waals surface area contributed by atoms with Gasteiger partial charge in [0, 0.05) is 11.4 Å². The minimum Gasteiger partial charge on any atom is -0.492 e. The maximum Gasteiger partial charge on any atom is 0.257 e. The van der Waals surface area contributed by atoms with E-state index in [1.54, 1.807) is 23.5 Å². The quantitative estimate of drug-likeness (QED) is 0.581. The topological polar surface area (TPSA) is 85.5 Å². The lowest BCUT2D eigenvalue weighted by Crippen LogP contribution is -2.34. The molecule has 0 bridgehead atoms. The van der Waals surface area contributed by atoms with Gasteiger partial charge in [0.15, 0.2) is 0 Å². The summed E-state index contributed by atoms with van der Waals surface area (Å²) in [7, 11) is -3.50. The molecule has 1 fully saturated rings. The largest absolute Gasteiger partial charge is 0.492 e. The van der Waals surface area contributed by atoms with Gasteiger partial charge >= 0.3 is 0 Å². The van der Waals surface area contributed by atoms with Gasteiger partial charge in [0.1, 0.15) is 18.4 Å². The molecule has 0 N–H and O–H groups in total. The molecule has 0 radical (unpaired) electrons. The molecule has 1 aromatic carbocycles. The van der Waals surface area contributed by atoms with Gasteiger partial charge in [0.05, 0.1) is 10.6 Å². The van der Waals surface area contributed by atoms with Gasteiger partial charge < -0.3 is 9.15 Å². The van der Waals surface area contributed by atoms with Crippen molar-refractivity contribution in [2.75, 3.05) is 18.9 Å². The van der Waals surface area contributed by atoms with Gasteiger partial charge in [0.25, 0.3) is 5.89 Å². The molecule has 1 aliphatic heterocycles.